The van der Waals surface area contributed by atoms with Gasteiger partial charge in [-0.2, -0.15) is 4.31 Å². The van der Waals surface area contributed by atoms with Gasteiger partial charge in [-0.05, 0) is 60.5 Å². The van der Waals surface area contributed by atoms with Crippen molar-refractivity contribution in [3.8, 4) is 22.7 Å². The molecule has 0 saturated carbocycles. The van der Waals surface area contributed by atoms with E-state index >= 15 is 0 Å². The molecule has 8 nitrogen and oxygen atoms in total. The molecule has 0 bridgehead atoms. The highest BCUT2D eigenvalue weighted by atomic mass is 35.5. The summed E-state index contributed by atoms with van der Waals surface area (Å²) in [6.07, 6.45) is 1.77. The SMILES string of the molecule is COc1ccc(S(=O)(=O)N(CC(=O)Nc2nc(-c3ccc(Cl)cc3)cn2-c2cccc(Cl)c2)CC(C)C)cc1. The van der Waals surface area contributed by atoms with E-state index in [1.54, 1.807) is 53.2 Å². The van der Waals surface area contributed by atoms with E-state index in [2.05, 4.69) is 10.3 Å². The molecule has 0 fully saturated rings. The highest BCUT2D eigenvalue weighted by Crippen LogP contribution is 2.27. The van der Waals surface area contributed by atoms with E-state index in [4.69, 9.17) is 27.9 Å². The molecule has 0 radical (unpaired) electrons. The molecule has 4 rings (SSSR count). The van der Waals surface area contributed by atoms with Crippen LogP contribution < -0.4 is 10.1 Å². The van der Waals surface area contributed by atoms with E-state index < -0.39 is 22.5 Å². The number of hydrogen-bond acceptors (Lipinski definition) is 5. The monoisotopic (exact) mass is 586 g/mol. The number of imidazole rings is 1. The third-order valence-corrected chi connectivity index (χ3v) is 8.08. The van der Waals surface area contributed by atoms with Crippen molar-refractivity contribution in [2.75, 3.05) is 25.5 Å². The van der Waals surface area contributed by atoms with Gasteiger partial charge in [0, 0.05) is 34.0 Å². The van der Waals surface area contributed by atoms with Crippen molar-refractivity contribution in [2.24, 2.45) is 5.92 Å². The molecular formula is C28H28Cl2N4O4S. The van der Waals surface area contributed by atoms with Gasteiger partial charge in [-0.25, -0.2) is 13.4 Å². The molecule has 1 N–H and O–H groups in total. The number of hydrogen-bond donors (Lipinski definition) is 1. The summed E-state index contributed by atoms with van der Waals surface area (Å²) in [6, 6.07) is 20.3. The third kappa shape index (κ3) is 6.99. The number of anilines is 1. The van der Waals surface area contributed by atoms with Crippen LogP contribution in [0.15, 0.2) is 83.9 Å². The number of carbonyl (C=O) groups is 1. The number of ether oxygens (including phenoxy) is 1. The summed E-state index contributed by atoms with van der Waals surface area (Å²) >= 11 is 12.3. The molecule has 0 unspecified atom stereocenters. The van der Waals surface area contributed by atoms with Crippen LogP contribution in [0.1, 0.15) is 13.8 Å². The van der Waals surface area contributed by atoms with Crippen molar-refractivity contribution in [3.05, 3.63) is 89.0 Å². The molecule has 0 atom stereocenters. The van der Waals surface area contributed by atoms with Crippen LogP contribution in [-0.4, -0.2) is 48.4 Å². The van der Waals surface area contributed by atoms with Crippen LogP contribution in [0.4, 0.5) is 5.95 Å². The Morgan fingerprint density at radius 1 is 1.03 bits per heavy atom. The molecule has 0 saturated heterocycles. The molecule has 0 aliphatic heterocycles. The summed E-state index contributed by atoms with van der Waals surface area (Å²) in [7, 11) is -2.45. The maximum absolute atomic E-state index is 13.5. The number of rotatable bonds is 10. The average Bonchev–Trinajstić information content (AvgIpc) is 3.32. The Balaban J connectivity index is 1.65. The molecule has 204 valence electrons. The lowest BCUT2D eigenvalue weighted by Gasteiger charge is -2.23. The first-order valence-electron chi connectivity index (χ1n) is 12.1. The van der Waals surface area contributed by atoms with Crippen LogP contribution in [-0.2, 0) is 14.8 Å². The summed E-state index contributed by atoms with van der Waals surface area (Å²) in [6.45, 7) is 3.53. The average molecular weight is 588 g/mol. The summed E-state index contributed by atoms with van der Waals surface area (Å²) in [5.41, 5.74) is 2.06. The summed E-state index contributed by atoms with van der Waals surface area (Å²) < 4.78 is 34.9. The van der Waals surface area contributed by atoms with E-state index in [1.807, 2.05) is 32.0 Å². The molecule has 1 aromatic heterocycles. The smallest absolute Gasteiger partial charge is 0.243 e. The molecule has 0 spiro atoms. The van der Waals surface area contributed by atoms with Gasteiger partial charge in [0.05, 0.1) is 24.2 Å². The predicted octanol–water partition coefficient (Wildman–Crippen LogP) is 6.14. The Bertz CT molecular complexity index is 1550. The summed E-state index contributed by atoms with van der Waals surface area (Å²) in [5, 5.41) is 3.90. The number of sulfonamides is 1. The zero-order chi connectivity index (χ0) is 28.2. The highest BCUT2D eigenvalue weighted by Gasteiger charge is 2.28. The van der Waals surface area contributed by atoms with Gasteiger partial charge in [0.15, 0.2) is 0 Å². The quantitative estimate of drug-likeness (QED) is 0.241. The summed E-state index contributed by atoms with van der Waals surface area (Å²) in [4.78, 5) is 18.0. The van der Waals surface area contributed by atoms with Crippen molar-refractivity contribution in [3.63, 3.8) is 0 Å². The molecule has 3 aromatic carbocycles. The zero-order valence-corrected chi connectivity index (χ0v) is 24.0. The second-order valence-electron chi connectivity index (χ2n) is 9.22. The van der Waals surface area contributed by atoms with Gasteiger partial charge in [-0.15, -0.1) is 0 Å². The van der Waals surface area contributed by atoms with E-state index in [9.17, 15) is 13.2 Å². The second-order valence-corrected chi connectivity index (χ2v) is 12.0. The number of carbonyl (C=O) groups excluding carboxylic acids is 1. The van der Waals surface area contributed by atoms with Crippen LogP contribution in [0, 0.1) is 5.92 Å². The molecule has 0 aliphatic carbocycles. The summed E-state index contributed by atoms with van der Waals surface area (Å²) in [5.74, 6) is 0.199. The second kappa shape index (κ2) is 12.2. The highest BCUT2D eigenvalue weighted by molar-refractivity contribution is 7.89. The van der Waals surface area contributed by atoms with E-state index in [0.717, 1.165) is 5.56 Å². The van der Waals surface area contributed by atoms with Gasteiger partial charge in [0.1, 0.15) is 5.75 Å². The number of nitrogens with zero attached hydrogens (tertiary/aromatic N) is 3. The first-order valence-corrected chi connectivity index (χ1v) is 14.3. The van der Waals surface area contributed by atoms with Gasteiger partial charge >= 0.3 is 0 Å². The van der Waals surface area contributed by atoms with Crippen LogP contribution in [0.25, 0.3) is 16.9 Å². The standard InChI is InChI=1S/C28H28Cl2N4O4S/c1-19(2)16-33(39(36,37)25-13-11-24(38-3)12-14-25)18-27(35)32-28-31-26(20-7-9-21(29)10-8-20)17-34(28)23-6-4-5-22(30)15-23/h4-15,17,19H,16,18H2,1-3H3,(H,31,32,35). The Hall–Kier alpha value is -3.37. The van der Waals surface area contributed by atoms with Gasteiger partial charge in [-0.3, -0.25) is 14.7 Å². The first-order chi connectivity index (χ1) is 18.6. The molecule has 0 aliphatic rings. The lowest BCUT2D eigenvalue weighted by Crippen LogP contribution is -2.40. The Morgan fingerprint density at radius 2 is 1.72 bits per heavy atom. The molecule has 39 heavy (non-hydrogen) atoms. The van der Waals surface area contributed by atoms with Gasteiger partial charge in [0.25, 0.3) is 0 Å². The maximum atomic E-state index is 13.5. The minimum absolute atomic E-state index is 0.0178. The number of aromatic nitrogens is 2. The van der Waals surface area contributed by atoms with Crippen molar-refractivity contribution in [1.82, 2.24) is 13.9 Å². The van der Waals surface area contributed by atoms with Crippen LogP contribution in [0.5, 0.6) is 5.75 Å². The maximum Gasteiger partial charge on any atom is 0.243 e. The predicted molar refractivity (Wildman–Crippen MR) is 154 cm³/mol. The van der Waals surface area contributed by atoms with Crippen LogP contribution >= 0.6 is 23.2 Å². The van der Waals surface area contributed by atoms with E-state index in [0.29, 0.717) is 27.2 Å². The van der Waals surface area contributed by atoms with Gasteiger partial charge in [-0.1, -0.05) is 55.2 Å². The Labute approximate surface area is 238 Å². The fourth-order valence-corrected chi connectivity index (χ4v) is 5.80. The lowest BCUT2D eigenvalue weighted by atomic mass is 10.2. The number of benzene rings is 3. The fraction of sp³-hybridized carbons (Fsp3) is 0.214. The molecule has 11 heteroatoms. The number of halogens is 2. The largest absolute Gasteiger partial charge is 0.497 e. The number of methoxy groups -OCH3 is 1. The van der Waals surface area contributed by atoms with E-state index in [-0.39, 0.29) is 23.3 Å². The van der Waals surface area contributed by atoms with Crippen molar-refractivity contribution < 1.29 is 17.9 Å². The van der Waals surface area contributed by atoms with E-state index in [1.165, 1.54) is 23.5 Å². The molecule has 1 amide bonds. The molecule has 1 heterocycles. The van der Waals surface area contributed by atoms with Crippen molar-refractivity contribution in [2.45, 2.75) is 18.7 Å². The van der Waals surface area contributed by atoms with Crippen molar-refractivity contribution in [1.29, 1.82) is 0 Å². The number of nitrogens with one attached hydrogen (secondary N) is 1. The fourth-order valence-electron chi connectivity index (χ4n) is 3.93. The Kier molecular flexibility index (Phi) is 8.97. The minimum Gasteiger partial charge on any atom is -0.497 e. The lowest BCUT2D eigenvalue weighted by molar-refractivity contribution is -0.116. The van der Waals surface area contributed by atoms with Crippen molar-refractivity contribution >= 4 is 45.1 Å². The number of amides is 1. The minimum atomic E-state index is -3.96. The topological polar surface area (TPSA) is 93.5 Å². The normalized spacial score (nSPS) is 11.7. The van der Waals surface area contributed by atoms with Crippen LogP contribution in [0.3, 0.4) is 0 Å². The first kappa shape index (κ1) is 28.6. The molecule has 4 aromatic rings. The van der Waals surface area contributed by atoms with Gasteiger partial charge in [0.2, 0.25) is 21.9 Å². The molecular weight excluding hydrogens is 559 g/mol. The zero-order valence-electron chi connectivity index (χ0n) is 21.6. The van der Waals surface area contributed by atoms with Crippen LogP contribution in [0.2, 0.25) is 10.0 Å². The Morgan fingerprint density at radius 3 is 2.33 bits per heavy atom. The van der Waals surface area contributed by atoms with Gasteiger partial charge < -0.3 is 4.74 Å². The third-order valence-electron chi connectivity index (χ3n) is 5.77.